The van der Waals surface area contributed by atoms with Crippen LogP contribution in [0.15, 0.2) is 54.6 Å². The van der Waals surface area contributed by atoms with E-state index in [1.165, 1.54) is 16.5 Å². The van der Waals surface area contributed by atoms with Crippen molar-refractivity contribution in [3.05, 3.63) is 71.4 Å². The molecule has 3 nitrogen and oxygen atoms in total. The molecule has 3 heteroatoms. The maximum atomic E-state index is 13.3. The molecular weight excluding hydrogens is 332 g/mol. The molecule has 2 heterocycles. The molecule has 1 aliphatic rings. The number of nitrogens with zero attached hydrogens (tertiary/aromatic N) is 2. The van der Waals surface area contributed by atoms with E-state index in [9.17, 15) is 4.79 Å². The number of carbonyl (C=O) groups excluding carboxylic acids is 1. The van der Waals surface area contributed by atoms with Crippen LogP contribution in [0.3, 0.4) is 0 Å². The third kappa shape index (κ3) is 3.39. The Morgan fingerprint density at radius 1 is 1.00 bits per heavy atom. The van der Waals surface area contributed by atoms with Crippen molar-refractivity contribution in [1.29, 1.82) is 0 Å². The number of para-hydroxylation sites is 1. The van der Waals surface area contributed by atoms with Gasteiger partial charge in [0.1, 0.15) is 5.69 Å². The number of likely N-dealkylation sites (tertiary alicyclic amines) is 1. The Labute approximate surface area is 161 Å². The number of amides is 1. The predicted molar refractivity (Wildman–Crippen MR) is 111 cm³/mol. The minimum atomic E-state index is 0.198. The first-order valence-corrected chi connectivity index (χ1v) is 10.1. The molecule has 1 aromatic heterocycles. The number of benzene rings is 2. The lowest BCUT2D eigenvalue weighted by Gasteiger charge is -2.32. The van der Waals surface area contributed by atoms with Crippen molar-refractivity contribution >= 4 is 16.8 Å². The highest BCUT2D eigenvalue weighted by Gasteiger charge is 2.27. The monoisotopic (exact) mass is 360 g/mol. The van der Waals surface area contributed by atoms with Crippen molar-refractivity contribution < 1.29 is 4.79 Å². The maximum absolute atomic E-state index is 13.3. The molecule has 2 aromatic carbocycles. The summed E-state index contributed by atoms with van der Waals surface area (Å²) in [6, 6.07) is 19.1. The van der Waals surface area contributed by atoms with Gasteiger partial charge in [-0.15, -0.1) is 0 Å². The Kier molecular flexibility index (Phi) is 5.02. The van der Waals surface area contributed by atoms with E-state index in [0.29, 0.717) is 5.92 Å². The van der Waals surface area contributed by atoms with Crippen LogP contribution in [0.2, 0.25) is 0 Å². The van der Waals surface area contributed by atoms with Crippen molar-refractivity contribution in [2.45, 2.75) is 39.7 Å². The standard InChI is InChI=1S/C24H28N2O/c1-3-26-22-12-8-7-11-21(22)18(2)23(26)24(27)25-15-13-20(14-16-25)17-19-9-5-4-6-10-19/h4-12,20H,3,13-17H2,1-2H3. The Morgan fingerprint density at radius 2 is 1.67 bits per heavy atom. The van der Waals surface area contributed by atoms with Crippen molar-refractivity contribution in [3.8, 4) is 0 Å². The second-order valence-corrected chi connectivity index (χ2v) is 7.66. The average molecular weight is 361 g/mol. The van der Waals surface area contributed by atoms with Crippen LogP contribution in [-0.4, -0.2) is 28.5 Å². The summed E-state index contributed by atoms with van der Waals surface area (Å²) in [5, 5.41) is 1.20. The Balaban J connectivity index is 1.50. The number of piperidine rings is 1. The van der Waals surface area contributed by atoms with Gasteiger partial charge in [0.05, 0.1) is 0 Å². The highest BCUT2D eigenvalue weighted by molar-refractivity contribution is 6.01. The molecule has 0 saturated carbocycles. The second-order valence-electron chi connectivity index (χ2n) is 7.66. The molecule has 27 heavy (non-hydrogen) atoms. The molecule has 1 saturated heterocycles. The lowest BCUT2D eigenvalue weighted by atomic mass is 9.90. The smallest absolute Gasteiger partial charge is 0.270 e. The van der Waals surface area contributed by atoms with Gasteiger partial charge in [0, 0.05) is 30.5 Å². The van der Waals surface area contributed by atoms with Crippen LogP contribution in [-0.2, 0) is 13.0 Å². The first-order valence-electron chi connectivity index (χ1n) is 10.1. The molecule has 4 rings (SSSR count). The van der Waals surface area contributed by atoms with Gasteiger partial charge in [0.15, 0.2) is 0 Å². The van der Waals surface area contributed by atoms with E-state index in [0.717, 1.165) is 50.2 Å². The highest BCUT2D eigenvalue weighted by Crippen LogP contribution is 2.28. The summed E-state index contributed by atoms with van der Waals surface area (Å²) in [4.78, 5) is 15.4. The Morgan fingerprint density at radius 3 is 2.37 bits per heavy atom. The van der Waals surface area contributed by atoms with Gasteiger partial charge in [-0.2, -0.15) is 0 Å². The number of fused-ring (bicyclic) bond motifs is 1. The van der Waals surface area contributed by atoms with Crippen molar-refractivity contribution in [1.82, 2.24) is 9.47 Å². The van der Waals surface area contributed by atoms with Crippen LogP contribution in [0.5, 0.6) is 0 Å². The zero-order valence-corrected chi connectivity index (χ0v) is 16.3. The van der Waals surface area contributed by atoms with E-state index in [1.54, 1.807) is 0 Å². The third-order valence-electron chi connectivity index (χ3n) is 6.01. The van der Waals surface area contributed by atoms with Crippen LogP contribution in [0, 0.1) is 12.8 Å². The first-order chi connectivity index (χ1) is 13.2. The second kappa shape index (κ2) is 7.59. The van der Waals surface area contributed by atoms with Gasteiger partial charge < -0.3 is 9.47 Å². The fourth-order valence-electron chi connectivity index (χ4n) is 4.52. The Bertz CT molecular complexity index is 934. The molecule has 0 aliphatic carbocycles. The molecule has 0 bridgehead atoms. The van der Waals surface area contributed by atoms with Gasteiger partial charge in [0.2, 0.25) is 0 Å². The lowest BCUT2D eigenvalue weighted by Crippen LogP contribution is -2.40. The lowest BCUT2D eigenvalue weighted by molar-refractivity contribution is 0.0679. The SMILES string of the molecule is CCn1c(C(=O)N2CCC(Cc3ccccc3)CC2)c(C)c2ccccc21. The molecule has 0 atom stereocenters. The average Bonchev–Trinajstić information content (AvgIpc) is 3.01. The zero-order valence-electron chi connectivity index (χ0n) is 16.3. The molecular formula is C24H28N2O. The fourth-order valence-corrected chi connectivity index (χ4v) is 4.52. The van der Waals surface area contributed by atoms with Crippen LogP contribution < -0.4 is 0 Å². The van der Waals surface area contributed by atoms with Gasteiger partial charge in [-0.05, 0) is 56.2 Å². The van der Waals surface area contributed by atoms with E-state index in [4.69, 9.17) is 0 Å². The quantitative estimate of drug-likeness (QED) is 0.638. The van der Waals surface area contributed by atoms with E-state index < -0.39 is 0 Å². The van der Waals surface area contributed by atoms with Gasteiger partial charge in [-0.25, -0.2) is 0 Å². The Hall–Kier alpha value is -2.55. The molecule has 0 radical (unpaired) electrons. The van der Waals surface area contributed by atoms with Crippen LogP contribution in [0.1, 0.15) is 41.4 Å². The molecule has 0 spiro atoms. The number of aryl methyl sites for hydroxylation is 2. The summed E-state index contributed by atoms with van der Waals surface area (Å²) in [6.07, 6.45) is 3.30. The van der Waals surface area contributed by atoms with Crippen LogP contribution in [0.4, 0.5) is 0 Å². The molecule has 1 aliphatic heterocycles. The summed E-state index contributed by atoms with van der Waals surface area (Å²) >= 11 is 0. The van der Waals surface area contributed by atoms with Gasteiger partial charge >= 0.3 is 0 Å². The number of hydrogen-bond donors (Lipinski definition) is 0. The number of aromatic nitrogens is 1. The molecule has 1 fully saturated rings. The molecule has 140 valence electrons. The number of hydrogen-bond acceptors (Lipinski definition) is 1. The number of rotatable bonds is 4. The summed E-state index contributed by atoms with van der Waals surface area (Å²) < 4.78 is 2.18. The van der Waals surface area contributed by atoms with E-state index in [1.807, 2.05) is 0 Å². The summed E-state index contributed by atoms with van der Waals surface area (Å²) in [7, 11) is 0. The molecule has 0 unspecified atom stereocenters. The normalized spacial score (nSPS) is 15.4. The molecule has 1 amide bonds. The maximum Gasteiger partial charge on any atom is 0.270 e. The summed E-state index contributed by atoms with van der Waals surface area (Å²) in [5.74, 6) is 0.873. The van der Waals surface area contributed by atoms with Gasteiger partial charge in [-0.1, -0.05) is 48.5 Å². The highest BCUT2D eigenvalue weighted by atomic mass is 16.2. The largest absolute Gasteiger partial charge is 0.337 e. The van der Waals surface area contributed by atoms with E-state index in [-0.39, 0.29) is 5.91 Å². The minimum Gasteiger partial charge on any atom is -0.337 e. The van der Waals surface area contributed by atoms with Crippen LogP contribution in [0.25, 0.3) is 10.9 Å². The van der Waals surface area contributed by atoms with Crippen molar-refractivity contribution in [2.24, 2.45) is 5.92 Å². The summed E-state index contributed by atoms with van der Waals surface area (Å²) in [5.41, 5.74) is 4.56. The van der Waals surface area contributed by atoms with Crippen molar-refractivity contribution in [2.75, 3.05) is 13.1 Å². The zero-order chi connectivity index (χ0) is 18.8. The number of carbonyl (C=O) groups is 1. The molecule has 0 N–H and O–H groups in total. The van der Waals surface area contributed by atoms with E-state index >= 15 is 0 Å². The van der Waals surface area contributed by atoms with Crippen LogP contribution >= 0.6 is 0 Å². The first kappa shape index (κ1) is 17.8. The third-order valence-corrected chi connectivity index (χ3v) is 6.01. The molecule has 3 aromatic rings. The van der Waals surface area contributed by atoms with E-state index in [2.05, 4.69) is 77.9 Å². The fraction of sp³-hybridized carbons (Fsp3) is 0.375. The van der Waals surface area contributed by atoms with Crippen molar-refractivity contribution in [3.63, 3.8) is 0 Å². The predicted octanol–water partition coefficient (Wildman–Crippen LogP) is 5.06. The van der Waals surface area contributed by atoms with Gasteiger partial charge in [-0.3, -0.25) is 4.79 Å². The topological polar surface area (TPSA) is 25.2 Å². The minimum absolute atomic E-state index is 0.198. The van der Waals surface area contributed by atoms with Gasteiger partial charge in [0.25, 0.3) is 5.91 Å². The summed E-state index contributed by atoms with van der Waals surface area (Å²) in [6.45, 7) is 6.75.